The lowest BCUT2D eigenvalue weighted by molar-refractivity contribution is 0.0697. The summed E-state index contributed by atoms with van der Waals surface area (Å²) in [6.45, 7) is 0. The van der Waals surface area contributed by atoms with Gasteiger partial charge in [0.1, 0.15) is 10.0 Å². The molecule has 1 aliphatic heterocycles. The van der Waals surface area contributed by atoms with Crippen molar-refractivity contribution in [3.63, 3.8) is 0 Å². The third-order valence-electron chi connectivity index (χ3n) is 4.98. The minimum absolute atomic E-state index is 0.274. The van der Waals surface area contributed by atoms with Crippen LogP contribution in [0.25, 0.3) is 15.5 Å². The number of nitrogens with zero attached hydrogens (tertiary/aromatic N) is 3. The van der Waals surface area contributed by atoms with Crippen LogP contribution in [-0.4, -0.2) is 21.3 Å². The zero-order chi connectivity index (χ0) is 22.8. The Labute approximate surface area is 203 Å². The van der Waals surface area contributed by atoms with Crippen LogP contribution in [0.2, 0.25) is 5.02 Å². The Balaban J connectivity index is 1.28. The maximum absolute atomic E-state index is 11.0. The number of nitrogens with one attached hydrogen (secondary N) is 1. The summed E-state index contributed by atoms with van der Waals surface area (Å²) in [7, 11) is 0. The normalized spacial score (nSPS) is 13.0. The molecule has 2 N–H and O–H groups in total. The summed E-state index contributed by atoms with van der Waals surface area (Å²) in [5.41, 5.74) is 7.64. The number of hydrogen-bond donors (Lipinski definition) is 2. The van der Waals surface area contributed by atoms with Crippen molar-refractivity contribution in [3.8, 4) is 10.6 Å². The Kier molecular flexibility index (Phi) is 6.04. The largest absolute Gasteiger partial charge is 0.478 e. The predicted molar refractivity (Wildman–Crippen MR) is 134 cm³/mol. The summed E-state index contributed by atoms with van der Waals surface area (Å²) in [6.07, 6.45) is 2.58. The van der Waals surface area contributed by atoms with Crippen molar-refractivity contribution >= 4 is 51.4 Å². The average molecular weight is 493 g/mol. The highest BCUT2D eigenvalue weighted by Gasteiger charge is 2.18. The van der Waals surface area contributed by atoms with E-state index in [1.807, 2.05) is 65.2 Å². The lowest BCUT2D eigenvalue weighted by Crippen LogP contribution is -2.22. The van der Waals surface area contributed by atoms with Crippen molar-refractivity contribution < 1.29 is 9.90 Å². The summed E-state index contributed by atoms with van der Waals surface area (Å²) >= 11 is 9.13. The Hall–Kier alpha value is -3.33. The van der Waals surface area contributed by atoms with Crippen LogP contribution in [-0.2, 0) is 6.42 Å². The molecule has 164 valence electrons. The standard InChI is InChI=1S/C24H17ClN4O2S2/c25-19-10-8-16(9-11-19)21-14-26-29(33-21)20-3-1-2-18(13-20)23-28-27-22(32-23)12-15-4-6-17(7-5-15)24(30)31/h1-11,13-14,26H,12H2,(H,30,31). The molecule has 3 aromatic carbocycles. The van der Waals surface area contributed by atoms with Gasteiger partial charge < -0.3 is 5.11 Å². The summed E-state index contributed by atoms with van der Waals surface area (Å²) in [6, 6.07) is 22.7. The molecule has 0 saturated heterocycles. The number of carboxylic acids is 1. The third-order valence-corrected chi connectivity index (χ3v) is 7.26. The van der Waals surface area contributed by atoms with E-state index >= 15 is 0 Å². The highest BCUT2D eigenvalue weighted by molar-refractivity contribution is 8.09. The molecule has 0 amide bonds. The van der Waals surface area contributed by atoms with E-state index in [2.05, 4.69) is 21.7 Å². The molecule has 0 fully saturated rings. The van der Waals surface area contributed by atoms with Gasteiger partial charge in [-0.25, -0.2) is 9.21 Å². The molecule has 0 atom stereocenters. The van der Waals surface area contributed by atoms with Crippen LogP contribution < -0.4 is 9.84 Å². The van der Waals surface area contributed by atoms with Crippen molar-refractivity contribution in [3.05, 3.63) is 106 Å². The summed E-state index contributed by atoms with van der Waals surface area (Å²) < 4.78 is 2.00. The molecule has 6 nitrogen and oxygen atoms in total. The van der Waals surface area contributed by atoms with Crippen molar-refractivity contribution in [2.75, 3.05) is 4.41 Å². The number of benzene rings is 3. The van der Waals surface area contributed by atoms with Gasteiger partial charge >= 0.3 is 5.97 Å². The number of hydrazine groups is 1. The Morgan fingerprint density at radius 3 is 2.55 bits per heavy atom. The van der Waals surface area contributed by atoms with Gasteiger partial charge in [0.2, 0.25) is 0 Å². The van der Waals surface area contributed by atoms with Gasteiger partial charge in [-0.1, -0.05) is 59.3 Å². The van der Waals surface area contributed by atoms with Gasteiger partial charge in [0.15, 0.2) is 0 Å². The van der Waals surface area contributed by atoms with E-state index in [1.165, 1.54) is 11.3 Å². The second kappa shape index (κ2) is 9.27. The number of aromatic carboxylic acids is 1. The van der Waals surface area contributed by atoms with Gasteiger partial charge in [-0.3, -0.25) is 5.43 Å². The number of carboxylic acid groups (broad SMARTS) is 1. The van der Waals surface area contributed by atoms with E-state index in [9.17, 15) is 4.79 Å². The topological polar surface area (TPSA) is 78.3 Å². The number of anilines is 1. The highest BCUT2D eigenvalue weighted by Crippen LogP contribution is 2.38. The van der Waals surface area contributed by atoms with Crippen molar-refractivity contribution in [1.29, 1.82) is 0 Å². The quantitative estimate of drug-likeness (QED) is 0.314. The van der Waals surface area contributed by atoms with Gasteiger partial charge in [-0.2, -0.15) is 0 Å². The fraction of sp³-hybridized carbons (Fsp3) is 0.0417. The first kappa shape index (κ1) is 21.5. The molecule has 0 bridgehead atoms. The van der Waals surface area contributed by atoms with E-state index in [0.29, 0.717) is 11.4 Å². The minimum Gasteiger partial charge on any atom is -0.478 e. The molecule has 0 radical (unpaired) electrons. The van der Waals surface area contributed by atoms with Crippen LogP contribution in [0.3, 0.4) is 0 Å². The number of halogens is 1. The van der Waals surface area contributed by atoms with E-state index in [1.54, 1.807) is 24.1 Å². The van der Waals surface area contributed by atoms with Crippen LogP contribution >= 0.6 is 34.9 Å². The average Bonchev–Trinajstić information content (AvgIpc) is 3.50. The SMILES string of the molecule is O=C(O)c1ccc(Cc2nnc(-c3cccc(N4NC=C(c5ccc(Cl)cc5)S4)c3)s2)cc1. The lowest BCUT2D eigenvalue weighted by Gasteiger charge is -2.17. The van der Waals surface area contributed by atoms with Crippen LogP contribution in [0.4, 0.5) is 5.69 Å². The first-order chi connectivity index (χ1) is 16.0. The highest BCUT2D eigenvalue weighted by atomic mass is 35.5. The number of rotatable bonds is 6. The molecular weight excluding hydrogens is 476 g/mol. The van der Waals surface area contributed by atoms with E-state index in [4.69, 9.17) is 16.7 Å². The van der Waals surface area contributed by atoms with Crippen molar-refractivity contribution in [2.24, 2.45) is 0 Å². The van der Waals surface area contributed by atoms with Gasteiger partial charge in [0.25, 0.3) is 0 Å². The van der Waals surface area contributed by atoms with Gasteiger partial charge in [0.05, 0.1) is 16.2 Å². The molecule has 2 heterocycles. The monoisotopic (exact) mass is 492 g/mol. The molecule has 0 saturated carbocycles. The Morgan fingerprint density at radius 1 is 1.00 bits per heavy atom. The van der Waals surface area contributed by atoms with Gasteiger partial charge in [0, 0.05) is 35.2 Å². The van der Waals surface area contributed by atoms with Gasteiger partial charge in [-0.15, -0.1) is 10.2 Å². The second-order valence-electron chi connectivity index (χ2n) is 7.26. The van der Waals surface area contributed by atoms with Crippen molar-refractivity contribution in [2.45, 2.75) is 6.42 Å². The lowest BCUT2D eigenvalue weighted by atomic mass is 10.1. The first-order valence-corrected chi connectivity index (χ1v) is 12.0. The number of hydrogen-bond acceptors (Lipinski definition) is 7. The van der Waals surface area contributed by atoms with Crippen LogP contribution in [0.1, 0.15) is 26.5 Å². The fourth-order valence-electron chi connectivity index (χ4n) is 3.29. The number of carbonyl (C=O) groups is 1. The summed E-state index contributed by atoms with van der Waals surface area (Å²) in [5, 5.41) is 20.2. The van der Waals surface area contributed by atoms with Crippen LogP contribution in [0.5, 0.6) is 0 Å². The molecule has 4 aromatic rings. The number of aromatic nitrogens is 2. The molecule has 1 aromatic heterocycles. The third kappa shape index (κ3) is 4.88. The maximum Gasteiger partial charge on any atom is 0.335 e. The molecule has 9 heteroatoms. The summed E-state index contributed by atoms with van der Waals surface area (Å²) in [5.74, 6) is -0.930. The molecule has 1 aliphatic rings. The second-order valence-corrected chi connectivity index (χ2v) is 9.75. The van der Waals surface area contributed by atoms with Crippen LogP contribution in [0, 0.1) is 0 Å². The smallest absolute Gasteiger partial charge is 0.335 e. The molecule has 0 spiro atoms. The summed E-state index contributed by atoms with van der Waals surface area (Å²) in [4.78, 5) is 12.1. The zero-order valence-electron chi connectivity index (χ0n) is 17.1. The Morgan fingerprint density at radius 2 is 1.79 bits per heavy atom. The Bertz CT molecular complexity index is 1340. The molecule has 0 aliphatic carbocycles. The van der Waals surface area contributed by atoms with Crippen molar-refractivity contribution in [1.82, 2.24) is 15.6 Å². The van der Waals surface area contributed by atoms with Gasteiger partial charge in [-0.05, 0) is 47.5 Å². The maximum atomic E-state index is 11.0. The molecule has 33 heavy (non-hydrogen) atoms. The molecule has 5 rings (SSSR count). The zero-order valence-corrected chi connectivity index (χ0v) is 19.5. The van der Waals surface area contributed by atoms with E-state index in [-0.39, 0.29) is 5.56 Å². The van der Waals surface area contributed by atoms with E-state index < -0.39 is 5.97 Å². The first-order valence-electron chi connectivity index (χ1n) is 10.0. The minimum atomic E-state index is -0.930. The van der Waals surface area contributed by atoms with E-state index in [0.717, 1.165) is 37.3 Å². The van der Waals surface area contributed by atoms with Crippen LogP contribution in [0.15, 0.2) is 79.0 Å². The fourth-order valence-corrected chi connectivity index (χ4v) is 5.16. The predicted octanol–water partition coefficient (Wildman–Crippen LogP) is 6.12. The molecule has 0 unspecified atom stereocenters. The molecular formula is C24H17ClN4O2S2.